The zero-order valence-corrected chi connectivity index (χ0v) is 18.1. The van der Waals surface area contributed by atoms with Crippen molar-refractivity contribution in [3.63, 3.8) is 0 Å². The molecular formula is C24H23ClN2O5. The Morgan fingerprint density at radius 2 is 1.75 bits per heavy atom. The van der Waals surface area contributed by atoms with Crippen molar-refractivity contribution >= 4 is 17.7 Å². The monoisotopic (exact) mass is 454 g/mol. The Morgan fingerprint density at radius 1 is 1.12 bits per heavy atom. The standard InChI is InChI=1S/C24H23ClN2O5/c1-31-23-20(25)10-14(11-26-23)22(29)21(28)12-27-24(30)32-13-19-17-8-4-2-6-15(17)16-7-3-5-9-18(16)19/h2-11,19,21-22,28-29H,12-13H2,1H3,(H,27,30). The summed E-state index contributed by atoms with van der Waals surface area (Å²) in [6.45, 7) is -0.0436. The van der Waals surface area contributed by atoms with Gasteiger partial charge in [0.1, 0.15) is 23.8 Å². The number of ether oxygens (including phenoxy) is 2. The number of halogens is 1. The third-order valence-electron chi connectivity index (χ3n) is 5.53. The van der Waals surface area contributed by atoms with Crippen LogP contribution in [0.1, 0.15) is 28.7 Å². The van der Waals surface area contributed by atoms with Crippen LogP contribution in [0.15, 0.2) is 60.8 Å². The van der Waals surface area contributed by atoms with Crippen LogP contribution < -0.4 is 10.1 Å². The molecule has 2 atom stereocenters. The summed E-state index contributed by atoms with van der Waals surface area (Å²) in [4.78, 5) is 16.2. The van der Waals surface area contributed by atoms with Crippen molar-refractivity contribution in [3.05, 3.63) is 82.5 Å². The van der Waals surface area contributed by atoms with Gasteiger partial charge in [-0.3, -0.25) is 0 Å². The maximum atomic E-state index is 12.2. The molecule has 2 aromatic carbocycles. The number of nitrogens with zero attached hydrogens (tertiary/aromatic N) is 1. The molecule has 3 aromatic rings. The number of nitrogens with one attached hydrogen (secondary N) is 1. The fraction of sp³-hybridized carbons (Fsp3) is 0.250. The van der Waals surface area contributed by atoms with Gasteiger partial charge in [-0.05, 0) is 28.3 Å². The predicted molar refractivity (Wildman–Crippen MR) is 120 cm³/mol. The molecule has 0 bridgehead atoms. The topological polar surface area (TPSA) is 101 Å². The SMILES string of the molecule is COc1ncc(C(O)C(O)CNC(=O)OCC2c3ccccc3-c3ccccc32)cc1Cl. The quantitative estimate of drug-likeness (QED) is 0.503. The lowest BCUT2D eigenvalue weighted by Gasteiger charge is -2.19. The lowest BCUT2D eigenvalue weighted by atomic mass is 9.98. The van der Waals surface area contributed by atoms with E-state index in [0.29, 0.717) is 5.56 Å². The van der Waals surface area contributed by atoms with Crippen molar-refractivity contribution < 1.29 is 24.5 Å². The minimum Gasteiger partial charge on any atom is -0.480 e. The zero-order chi connectivity index (χ0) is 22.7. The number of benzene rings is 2. The molecule has 0 saturated carbocycles. The highest BCUT2D eigenvalue weighted by atomic mass is 35.5. The highest BCUT2D eigenvalue weighted by Crippen LogP contribution is 2.44. The van der Waals surface area contributed by atoms with E-state index >= 15 is 0 Å². The Morgan fingerprint density at radius 3 is 2.34 bits per heavy atom. The van der Waals surface area contributed by atoms with Gasteiger partial charge in [0.25, 0.3) is 0 Å². The Labute approximate surface area is 190 Å². The smallest absolute Gasteiger partial charge is 0.407 e. The number of rotatable bonds is 7. The van der Waals surface area contributed by atoms with Crippen molar-refractivity contribution in [3.8, 4) is 17.0 Å². The Hall–Kier alpha value is -3.13. The minimum absolute atomic E-state index is 0.0591. The Bertz CT molecular complexity index is 1080. The van der Waals surface area contributed by atoms with Crippen LogP contribution >= 0.6 is 11.6 Å². The molecule has 3 N–H and O–H groups in total. The molecule has 1 heterocycles. The second kappa shape index (κ2) is 9.56. The largest absolute Gasteiger partial charge is 0.480 e. The van der Waals surface area contributed by atoms with E-state index in [1.54, 1.807) is 0 Å². The van der Waals surface area contributed by atoms with E-state index in [9.17, 15) is 15.0 Å². The van der Waals surface area contributed by atoms with Gasteiger partial charge in [0.15, 0.2) is 0 Å². The third kappa shape index (κ3) is 4.41. The average Bonchev–Trinajstić information content (AvgIpc) is 3.14. The normalized spacial score (nSPS) is 14.2. The van der Waals surface area contributed by atoms with Gasteiger partial charge in [-0.15, -0.1) is 0 Å². The fourth-order valence-electron chi connectivity index (χ4n) is 3.92. The van der Waals surface area contributed by atoms with E-state index in [2.05, 4.69) is 22.4 Å². The van der Waals surface area contributed by atoms with Crippen LogP contribution in [0.2, 0.25) is 5.02 Å². The molecule has 8 heteroatoms. The summed E-state index contributed by atoms with van der Waals surface area (Å²) in [5, 5.41) is 23.3. The average molecular weight is 455 g/mol. The van der Waals surface area contributed by atoms with Crippen LogP contribution in [0.4, 0.5) is 4.79 Å². The molecule has 4 rings (SSSR count). The van der Waals surface area contributed by atoms with Crippen molar-refractivity contribution in [2.75, 3.05) is 20.3 Å². The molecule has 7 nitrogen and oxygen atoms in total. The molecule has 1 aromatic heterocycles. The number of aliphatic hydroxyl groups excluding tert-OH is 2. The minimum atomic E-state index is -1.29. The van der Waals surface area contributed by atoms with Crippen LogP contribution in [-0.2, 0) is 4.74 Å². The number of amides is 1. The zero-order valence-electron chi connectivity index (χ0n) is 17.4. The molecule has 0 saturated heterocycles. The summed E-state index contributed by atoms with van der Waals surface area (Å²) >= 11 is 6.01. The first-order valence-electron chi connectivity index (χ1n) is 10.1. The second-order valence-corrected chi connectivity index (χ2v) is 7.89. The maximum absolute atomic E-state index is 12.2. The number of carbonyl (C=O) groups excluding carboxylic acids is 1. The number of pyridine rings is 1. The number of carbonyl (C=O) groups is 1. The van der Waals surface area contributed by atoms with E-state index in [-0.39, 0.29) is 30.0 Å². The molecule has 0 spiro atoms. The van der Waals surface area contributed by atoms with Crippen LogP contribution in [0.5, 0.6) is 5.88 Å². The summed E-state index contributed by atoms with van der Waals surface area (Å²) in [6.07, 6.45) is -1.89. The van der Waals surface area contributed by atoms with Crippen molar-refractivity contribution in [2.45, 2.75) is 18.1 Å². The molecule has 1 aliphatic carbocycles. The number of aliphatic hydroxyl groups is 2. The van der Waals surface area contributed by atoms with Gasteiger partial charge >= 0.3 is 6.09 Å². The first-order valence-corrected chi connectivity index (χ1v) is 10.5. The summed E-state index contributed by atoms with van der Waals surface area (Å²) in [6, 6.07) is 17.6. The van der Waals surface area contributed by atoms with Gasteiger partial charge in [0.05, 0.1) is 7.11 Å². The van der Waals surface area contributed by atoms with Crippen LogP contribution in [0.3, 0.4) is 0 Å². The highest BCUT2D eigenvalue weighted by molar-refractivity contribution is 6.31. The number of hydrogen-bond acceptors (Lipinski definition) is 6. The van der Waals surface area contributed by atoms with Crippen LogP contribution in [-0.4, -0.2) is 47.7 Å². The van der Waals surface area contributed by atoms with E-state index in [1.807, 2.05) is 36.4 Å². The molecule has 0 radical (unpaired) electrons. The van der Waals surface area contributed by atoms with Gasteiger partial charge in [0.2, 0.25) is 5.88 Å². The predicted octanol–water partition coefficient (Wildman–Crippen LogP) is 3.68. The fourth-order valence-corrected chi connectivity index (χ4v) is 4.18. The third-order valence-corrected chi connectivity index (χ3v) is 5.80. The van der Waals surface area contributed by atoms with Gasteiger partial charge in [0, 0.05) is 24.2 Å². The van der Waals surface area contributed by atoms with Crippen molar-refractivity contribution in [2.24, 2.45) is 0 Å². The summed E-state index contributed by atoms with van der Waals surface area (Å²) in [5.74, 6) is 0.157. The lowest BCUT2D eigenvalue weighted by molar-refractivity contribution is 0.0183. The molecule has 1 amide bonds. The molecule has 1 aliphatic rings. The number of hydrogen-bond donors (Lipinski definition) is 3. The van der Waals surface area contributed by atoms with Gasteiger partial charge < -0.3 is 25.0 Å². The molecule has 0 aliphatic heterocycles. The lowest BCUT2D eigenvalue weighted by Crippen LogP contribution is -2.36. The van der Waals surface area contributed by atoms with E-state index in [0.717, 1.165) is 22.3 Å². The molecule has 32 heavy (non-hydrogen) atoms. The molecular weight excluding hydrogens is 432 g/mol. The van der Waals surface area contributed by atoms with E-state index in [1.165, 1.54) is 19.4 Å². The summed E-state index contributed by atoms with van der Waals surface area (Å²) in [5.41, 5.74) is 4.81. The highest BCUT2D eigenvalue weighted by Gasteiger charge is 2.29. The number of methoxy groups -OCH3 is 1. The van der Waals surface area contributed by atoms with E-state index < -0.39 is 18.3 Å². The Balaban J connectivity index is 1.33. The molecule has 2 unspecified atom stereocenters. The second-order valence-electron chi connectivity index (χ2n) is 7.48. The van der Waals surface area contributed by atoms with Gasteiger partial charge in [-0.2, -0.15) is 0 Å². The number of fused-ring (bicyclic) bond motifs is 3. The van der Waals surface area contributed by atoms with Crippen molar-refractivity contribution in [1.29, 1.82) is 0 Å². The Kier molecular flexibility index (Phi) is 6.60. The van der Waals surface area contributed by atoms with Crippen molar-refractivity contribution in [1.82, 2.24) is 10.3 Å². The van der Waals surface area contributed by atoms with Crippen LogP contribution in [0.25, 0.3) is 11.1 Å². The maximum Gasteiger partial charge on any atom is 0.407 e. The first-order chi connectivity index (χ1) is 15.5. The number of aromatic nitrogens is 1. The van der Waals surface area contributed by atoms with Gasteiger partial charge in [-0.1, -0.05) is 60.1 Å². The van der Waals surface area contributed by atoms with Gasteiger partial charge in [-0.25, -0.2) is 9.78 Å². The van der Waals surface area contributed by atoms with E-state index in [4.69, 9.17) is 21.1 Å². The first kappa shape index (κ1) is 22.1. The molecule has 166 valence electrons. The number of alkyl carbamates (subject to hydrolysis) is 1. The summed E-state index contributed by atoms with van der Waals surface area (Å²) in [7, 11) is 1.43. The molecule has 0 fully saturated rings. The summed E-state index contributed by atoms with van der Waals surface area (Å²) < 4.78 is 10.4. The van der Waals surface area contributed by atoms with Crippen LogP contribution in [0, 0.1) is 0 Å².